The van der Waals surface area contributed by atoms with E-state index in [0.717, 1.165) is 26.1 Å². The number of rotatable bonds is 11. The Hall–Kier alpha value is -3.85. The van der Waals surface area contributed by atoms with E-state index in [1.165, 1.54) is 6.20 Å². The fourth-order valence-corrected chi connectivity index (χ4v) is 3.18. The average Bonchev–Trinajstić information content (AvgIpc) is 2.85. The van der Waals surface area contributed by atoms with E-state index in [1.54, 1.807) is 54.9 Å². The monoisotopic (exact) mass is 447 g/mol. The van der Waals surface area contributed by atoms with E-state index >= 15 is 0 Å². The molecule has 0 fully saturated rings. The summed E-state index contributed by atoms with van der Waals surface area (Å²) in [4.78, 5) is 39.8. The van der Waals surface area contributed by atoms with Crippen molar-refractivity contribution < 1.29 is 9.59 Å². The number of aromatic nitrogens is 3. The highest BCUT2D eigenvalue weighted by atomic mass is 16.2. The highest BCUT2D eigenvalue weighted by Crippen LogP contribution is 2.15. The molecule has 0 aliphatic carbocycles. The highest BCUT2D eigenvalue weighted by Gasteiger charge is 2.10. The smallest absolute Gasteiger partial charge is 0.269 e. The minimum atomic E-state index is -0.266. The lowest BCUT2D eigenvalue weighted by atomic mass is 10.2. The van der Waals surface area contributed by atoms with Crippen molar-refractivity contribution in [2.75, 3.05) is 36.8 Å². The molecule has 3 aromatic rings. The van der Waals surface area contributed by atoms with Crippen LogP contribution >= 0.6 is 0 Å². The zero-order valence-corrected chi connectivity index (χ0v) is 18.9. The van der Waals surface area contributed by atoms with E-state index in [-0.39, 0.29) is 11.8 Å². The molecule has 3 N–H and O–H groups in total. The van der Waals surface area contributed by atoms with Crippen LogP contribution in [0.15, 0.2) is 61.1 Å². The van der Waals surface area contributed by atoms with E-state index in [0.29, 0.717) is 35.1 Å². The lowest BCUT2D eigenvalue weighted by Crippen LogP contribution is -2.30. The van der Waals surface area contributed by atoms with Gasteiger partial charge in [0.2, 0.25) is 0 Å². The summed E-state index contributed by atoms with van der Waals surface area (Å²) < 4.78 is 0. The van der Waals surface area contributed by atoms with Gasteiger partial charge < -0.3 is 20.9 Å². The molecule has 2 amide bonds. The second-order valence-corrected chi connectivity index (χ2v) is 7.29. The first-order valence-electron chi connectivity index (χ1n) is 11.0. The zero-order valence-electron chi connectivity index (χ0n) is 18.9. The summed E-state index contributed by atoms with van der Waals surface area (Å²) in [5.41, 5.74) is 1.40. The topological polar surface area (TPSA) is 112 Å². The lowest BCUT2D eigenvalue weighted by Gasteiger charge is -2.17. The first kappa shape index (κ1) is 23.8. The van der Waals surface area contributed by atoms with Crippen LogP contribution in [-0.4, -0.2) is 57.8 Å². The molecule has 172 valence electrons. The van der Waals surface area contributed by atoms with E-state index < -0.39 is 0 Å². The number of nitrogens with one attached hydrogen (secondary N) is 3. The van der Waals surface area contributed by atoms with Crippen LogP contribution in [0.5, 0.6) is 0 Å². The Morgan fingerprint density at radius 2 is 1.73 bits per heavy atom. The molecule has 3 rings (SSSR count). The Kier molecular flexibility index (Phi) is 8.84. The molecular weight excluding hydrogens is 418 g/mol. The van der Waals surface area contributed by atoms with Gasteiger partial charge in [0.25, 0.3) is 11.8 Å². The van der Waals surface area contributed by atoms with Gasteiger partial charge in [-0.2, -0.15) is 0 Å². The van der Waals surface area contributed by atoms with Crippen LogP contribution in [0.4, 0.5) is 17.3 Å². The zero-order chi connectivity index (χ0) is 23.5. The van der Waals surface area contributed by atoms with Crippen LogP contribution in [0.3, 0.4) is 0 Å². The lowest BCUT2D eigenvalue weighted by molar-refractivity contribution is 0.0946. The van der Waals surface area contributed by atoms with Crippen molar-refractivity contribution in [3.05, 3.63) is 72.3 Å². The Morgan fingerprint density at radius 1 is 0.939 bits per heavy atom. The molecular formula is C24H29N7O2. The summed E-state index contributed by atoms with van der Waals surface area (Å²) in [6.07, 6.45) is 5.63. The third-order valence-electron chi connectivity index (χ3n) is 5.03. The number of amides is 2. The number of carbonyl (C=O) groups is 2. The van der Waals surface area contributed by atoms with Gasteiger partial charge in [-0.3, -0.25) is 14.6 Å². The Bertz CT molecular complexity index is 1060. The minimum absolute atomic E-state index is 0.225. The third kappa shape index (κ3) is 7.36. The fourth-order valence-electron chi connectivity index (χ4n) is 3.18. The molecule has 0 bridgehead atoms. The van der Waals surface area contributed by atoms with Crippen LogP contribution in [0.2, 0.25) is 0 Å². The number of anilines is 3. The van der Waals surface area contributed by atoms with Gasteiger partial charge in [0.15, 0.2) is 0 Å². The van der Waals surface area contributed by atoms with Gasteiger partial charge in [-0.25, -0.2) is 9.97 Å². The van der Waals surface area contributed by atoms with Gasteiger partial charge >= 0.3 is 0 Å². The number of nitrogens with zero attached hydrogens (tertiary/aromatic N) is 4. The van der Waals surface area contributed by atoms with Crippen molar-refractivity contribution in [1.82, 2.24) is 25.2 Å². The van der Waals surface area contributed by atoms with Crippen molar-refractivity contribution in [2.45, 2.75) is 20.3 Å². The molecule has 0 atom stereocenters. The van der Waals surface area contributed by atoms with Gasteiger partial charge in [-0.1, -0.05) is 19.9 Å². The first-order valence-corrected chi connectivity index (χ1v) is 11.0. The number of pyridine rings is 3. The van der Waals surface area contributed by atoms with Gasteiger partial charge in [-0.15, -0.1) is 0 Å². The first-order chi connectivity index (χ1) is 16.1. The maximum atomic E-state index is 12.5. The van der Waals surface area contributed by atoms with Crippen molar-refractivity contribution in [1.29, 1.82) is 0 Å². The molecule has 0 radical (unpaired) electrons. The summed E-state index contributed by atoms with van der Waals surface area (Å²) in [7, 11) is 0. The van der Waals surface area contributed by atoms with Crippen molar-refractivity contribution in [2.24, 2.45) is 0 Å². The normalized spacial score (nSPS) is 10.6. The SMILES string of the molecule is CCN(CC)CCCNC(=O)c1cccc(Nc2cc(C(=O)Nc3ccncc3)ccn2)n1. The Morgan fingerprint density at radius 3 is 2.48 bits per heavy atom. The van der Waals surface area contributed by atoms with Gasteiger partial charge in [0.05, 0.1) is 0 Å². The largest absolute Gasteiger partial charge is 0.351 e. The molecule has 0 saturated heterocycles. The van der Waals surface area contributed by atoms with Gasteiger partial charge in [0.1, 0.15) is 17.3 Å². The van der Waals surface area contributed by atoms with E-state index in [9.17, 15) is 9.59 Å². The van der Waals surface area contributed by atoms with E-state index in [4.69, 9.17) is 0 Å². The van der Waals surface area contributed by atoms with Crippen LogP contribution in [0.25, 0.3) is 0 Å². The molecule has 3 aromatic heterocycles. The van der Waals surface area contributed by atoms with Crippen LogP contribution in [-0.2, 0) is 0 Å². The summed E-state index contributed by atoms with van der Waals surface area (Å²) in [6, 6.07) is 11.8. The van der Waals surface area contributed by atoms with E-state index in [2.05, 4.69) is 49.6 Å². The van der Waals surface area contributed by atoms with Crippen molar-refractivity contribution >= 4 is 29.1 Å². The quantitative estimate of drug-likeness (QED) is 0.387. The van der Waals surface area contributed by atoms with Crippen LogP contribution < -0.4 is 16.0 Å². The predicted octanol–water partition coefficient (Wildman–Crippen LogP) is 3.33. The van der Waals surface area contributed by atoms with E-state index in [1.807, 2.05) is 0 Å². The molecule has 3 heterocycles. The summed E-state index contributed by atoms with van der Waals surface area (Å²) >= 11 is 0. The molecule has 0 aliphatic rings. The molecule has 0 unspecified atom stereocenters. The maximum absolute atomic E-state index is 12.5. The fraction of sp³-hybridized carbons (Fsp3) is 0.292. The van der Waals surface area contributed by atoms with Crippen LogP contribution in [0, 0.1) is 0 Å². The summed E-state index contributed by atoms with van der Waals surface area (Å²) in [5.74, 6) is 0.417. The average molecular weight is 448 g/mol. The number of hydrogen-bond donors (Lipinski definition) is 3. The maximum Gasteiger partial charge on any atom is 0.269 e. The molecule has 0 saturated carbocycles. The van der Waals surface area contributed by atoms with Gasteiger partial charge in [0, 0.05) is 36.4 Å². The molecule has 0 aromatic carbocycles. The number of carbonyl (C=O) groups excluding carboxylic acids is 2. The Labute approximate surface area is 193 Å². The molecule has 0 aliphatic heterocycles. The second kappa shape index (κ2) is 12.3. The second-order valence-electron chi connectivity index (χ2n) is 7.29. The van der Waals surface area contributed by atoms with Crippen molar-refractivity contribution in [3.8, 4) is 0 Å². The van der Waals surface area contributed by atoms with Gasteiger partial charge in [-0.05, 0) is 62.5 Å². The Balaban J connectivity index is 1.58. The highest BCUT2D eigenvalue weighted by molar-refractivity contribution is 6.04. The third-order valence-corrected chi connectivity index (χ3v) is 5.03. The molecule has 33 heavy (non-hydrogen) atoms. The summed E-state index contributed by atoms with van der Waals surface area (Å²) in [5, 5.41) is 8.77. The molecule has 9 heteroatoms. The van der Waals surface area contributed by atoms with Crippen molar-refractivity contribution in [3.63, 3.8) is 0 Å². The molecule has 9 nitrogen and oxygen atoms in total. The number of hydrogen-bond acceptors (Lipinski definition) is 7. The minimum Gasteiger partial charge on any atom is -0.351 e. The summed E-state index contributed by atoms with van der Waals surface area (Å²) in [6.45, 7) is 7.79. The standard InChI is InChI=1S/C24H29N7O2/c1-3-31(4-2)16-6-12-27-24(33)20-7-5-8-21(29-20)30-22-17-18(9-15-26-22)23(32)28-19-10-13-25-14-11-19/h5,7-11,13-15,17H,3-4,6,12,16H2,1-2H3,(H,27,33)(H,25,28,32)(H,26,29,30). The van der Waals surface area contributed by atoms with Crippen LogP contribution in [0.1, 0.15) is 41.1 Å². The molecule has 0 spiro atoms. The predicted molar refractivity (Wildman–Crippen MR) is 129 cm³/mol.